The summed E-state index contributed by atoms with van der Waals surface area (Å²) in [5.41, 5.74) is 0. The summed E-state index contributed by atoms with van der Waals surface area (Å²) in [6.45, 7) is 2.50. The van der Waals surface area contributed by atoms with E-state index in [0.29, 0.717) is 0 Å². The molecule has 0 spiro atoms. The van der Waals surface area contributed by atoms with E-state index in [1.165, 1.54) is 38.5 Å². The molecule has 0 aliphatic carbocycles. The minimum atomic E-state index is -3.57. The summed E-state index contributed by atoms with van der Waals surface area (Å²) in [6.07, 6.45) is 9.44. The van der Waals surface area contributed by atoms with E-state index in [0.717, 1.165) is 12.8 Å². The second-order valence-corrected chi connectivity index (χ2v) is 6.68. The molecule has 0 saturated heterocycles. The quantitative estimate of drug-likeness (QED) is 0.349. The first-order valence-corrected chi connectivity index (χ1v) is 9.02. The third-order valence-corrected chi connectivity index (χ3v) is 4.59. The predicted molar refractivity (Wildman–Crippen MR) is 93.7 cm³/mol. The largest absolute Gasteiger partial charge is 0.296 e. The Kier molecular flexibility index (Phi) is 18.0. The predicted octanol–water partition coefficient (Wildman–Crippen LogP) is 3.77. The van der Waals surface area contributed by atoms with Crippen LogP contribution in [-0.4, -0.2) is 74.1 Å². The first-order valence-electron chi connectivity index (χ1n) is 7.61. The molecule has 2 radical (unpaired) electrons. The third-order valence-electron chi connectivity index (χ3n) is 3.27. The molecule has 22 heavy (non-hydrogen) atoms. The van der Waals surface area contributed by atoms with Crippen LogP contribution in [0.5, 0.6) is 0 Å². The maximum Gasteiger partial charge on any atom is 0.296 e. The molecule has 1 rings (SSSR count). The van der Waals surface area contributed by atoms with Gasteiger partial charge in [-0.15, -0.1) is 0 Å². The van der Waals surface area contributed by atoms with Gasteiger partial charge in [-0.2, -0.15) is 8.42 Å². The molecule has 0 bridgehead atoms. The Bertz CT molecular complexity index is 450. The molecule has 0 saturated carbocycles. The van der Waals surface area contributed by atoms with Crippen molar-refractivity contribution in [1.29, 1.82) is 0 Å². The zero-order valence-corrected chi connectivity index (χ0v) is 19.2. The van der Waals surface area contributed by atoms with Crippen LogP contribution in [0.4, 0.5) is 0 Å². The van der Waals surface area contributed by atoms with Crippen LogP contribution >= 0.6 is 0 Å². The van der Waals surface area contributed by atoms with Gasteiger partial charge in [0.1, 0.15) is 0 Å². The average molecular weight is 344 g/mol. The van der Waals surface area contributed by atoms with Crippen molar-refractivity contribution in [2.45, 2.75) is 63.2 Å². The summed E-state index contributed by atoms with van der Waals surface area (Å²) >= 11 is 0. The Labute approximate surface area is 180 Å². The van der Waals surface area contributed by atoms with Crippen molar-refractivity contribution in [3.8, 4) is 0 Å². The van der Waals surface area contributed by atoms with Crippen molar-refractivity contribution < 1.29 is 12.6 Å². The molecule has 0 heterocycles. The van der Waals surface area contributed by atoms with Crippen LogP contribution in [0.25, 0.3) is 0 Å². The number of hydrogen-bond acceptors (Lipinski definition) is 3. The Morgan fingerprint density at radius 3 is 1.86 bits per heavy atom. The normalized spacial score (nSPS) is 10.6. The van der Waals surface area contributed by atoms with Gasteiger partial charge in [-0.05, 0) is 18.6 Å². The zero-order chi connectivity index (χ0) is 14.7. The summed E-state index contributed by atoms with van der Waals surface area (Å²) in [5.74, 6) is 0. The van der Waals surface area contributed by atoms with E-state index in [-0.39, 0.29) is 70.6 Å². The standard InChI is InChI=1S/C16H26O3S.2Na/c1-2-3-4-5-6-7-8-12-15-19-20(17,18)16-13-10-9-11-14-16;;/h9-11,13-14H,2-8,12,15H2,1H3;;. The van der Waals surface area contributed by atoms with Crippen LogP contribution in [0, 0.1) is 0 Å². The van der Waals surface area contributed by atoms with Crippen LogP contribution in [0.3, 0.4) is 0 Å². The molecule has 6 heteroatoms. The van der Waals surface area contributed by atoms with E-state index in [9.17, 15) is 8.42 Å². The molecule has 3 nitrogen and oxygen atoms in total. The van der Waals surface area contributed by atoms with Crippen molar-refractivity contribution in [1.82, 2.24) is 0 Å². The fourth-order valence-electron chi connectivity index (χ4n) is 2.06. The van der Waals surface area contributed by atoms with E-state index < -0.39 is 10.1 Å². The molecule has 0 unspecified atom stereocenters. The summed E-state index contributed by atoms with van der Waals surface area (Å²) in [6, 6.07) is 8.31. The van der Waals surface area contributed by atoms with Gasteiger partial charge in [0.05, 0.1) is 11.5 Å². The van der Waals surface area contributed by atoms with Crippen LogP contribution in [0.2, 0.25) is 0 Å². The van der Waals surface area contributed by atoms with Gasteiger partial charge >= 0.3 is 0 Å². The minimum absolute atomic E-state index is 0. The Hall–Kier alpha value is 1.13. The van der Waals surface area contributed by atoms with E-state index in [2.05, 4.69) is 6.92 Å². The van der Waals surface area contributed by atoms with E-state index in [4.69, 9.17) is 4.18 Å². The molecule has 0 N–H and O–H groups in total. The number of rotatable bonds is 11. The molecule has 0 amide bonds. The summed E-state index contributed by atoms with van der Waals surface area (Å²) < 4.78 is 28.7. The van der Waals surface area contributed by atoms with Crippen molar-refractivity contribution in [3.05, 3.63) is 30.3 Å². The molecule has 116 valence electrons. The Balaban J connectivity index is 0. The van der Waals surface area contributed by atoms with Gasteiger partial charge in [-0.1, -0.05) is 70.1 Å². The fourth-order valence-corrected chi connectivity index (χ4v) is 3.02. The molecule has 0 aliphatic heterocycles. The van der Waals surface area contributed by atoms with E-state index in [1.807, 2.05) is 0 Å². The maximum atomic E-state index is 11.8. The number of benzene rings is 1. The first-order chi connectivity index (χ1) is 9.67. The monoisotopic (exact) mass is 344 g/mol. The van der Waals surface area contributed by atoms with Crippen molar-refractivity contribution >= 4 is 69.2 Å². The van der Waals surface area contributed by atoms with Crippen LogP contribution in [-0.2, 0) is 14.3 Å². The smallest absolute Gasteiger partial charge is 0.266 e. The Morgan fingerprint density at radius 1 is 0.818 bits per heavy atom. The van der Waals surface area contributed by atoms with Crippen LogP contribution in [0.15, 0.2) is 35.2 Å². The molecule has 0 atom stereocenters. The van der Waals surface area contributed by atoms with E-state index >= 15 is 0 Å². The van der Waals surface area contributed by atoms with Gasteiger partial charge in [-0.25, -0.2) is 0 Å². The Morgan fingerprint density at radius 2 is 1.32 bits per heavy atom. The maximum absolute atomic E-state index is 11.8. The summed E-state index contributed by atoms with van der Waals surface area (Å²) in [7, 11) is -3.57. The third kappa shape index (κ3) is 11.6. The number of hydrogen-bond donors (Lipinski definition) is 0. The van der Waals surface area contributed by atoms with E-state index in [1.54, 1.807) is 30.3 Å². The van der Waals surface area contributed by atoms with Crippen molar-refractivity contribution in [3.63, 3.8) is 0 Å². The topological polar surface area (TPSA) is 43.4 Å². The molecule has 1 aromatic rings. The average Bonchev–Trinajstić information content (AvgIpc) is 2.46. The molecule has 0 aromatic heterocycles. The van der Waals surface area contributed by atoms with Gasteiger partial charge in [0, 0.05) is 59.1 Å². The first kappa shape index (κ1) is 25.4. The molecular formula is C16H26Na2O3S. The summed E-state index contributed by atoms with van der Waals surface area (Å²) in [5, 5.41) is 0. The molecule has 0 fully saturated rings. The van der Waals surface area contributed by atoms with Gasteiger partial charge in [0.2, 0.25) is 0 Å². The fraction of sp³-hybridized carbons (Fsp3) is 0.625. The second-order valence-electron chi connectivity index (χ2n) is 5.06. The van der Waals surface area contributed by atoms with Crippen molar-refractivity contribution in [2.24, 2.45) is 0 Å². The zero-order valence-electron chi connectivity index (χ0n) is 14.4. The number of unbranched alkanes of at least 4 members (excludes halogenated alkanes) is 7. The van der Waals surface area contributed by atoms with Crippen molar-refractivity contribution in [2.75, 3.05) is 6.61 Å². The SMILES string of the molecule is CCCCCCCCCCOS(=O)(=O)c1ccccc1.[Na].[Na]. The molecule has 0 aliphatic rings. The van der Waals surface area contributed by atoms with Crippen LogP contribution in [0.1, 0.15) is 58.3 Å². The molecular weight excluding hydrogens is 318 g/mol. The van der Waals surface area contributed by atoms with Gasteiger partial charge < -0.3 is 0 Å². The van der Waals surface area contributed by atoms with Gasteiger partial charge in [0.15, 0.2) is 0 Å². The summed E-state index contributed by atoms with van der Waals surface area (Å²) in [4.78, 5) is 0.236. The molecule has 1 aromatic carbocycles. The van der Waals surface area contributed by atoms with Crippen LogP contribution < -0.4 is 0 Å². The minimum Gasteiger partial charge on any atom is -0.266 e. The van der Waals surface area contributed by atoms with Gasteiger partial charge in [0.25, 0.3) is 10.1 Å². The van der Waals surface area contributed by atoms with Gasteiger partial charge in [-0.3, -0.25) is 4.18 Å². The second kappa shape index (κ2) is 15.6.